The molecule has 0 fully saturated rings. The van der Waals surface area contributed by atoms with Crippen LogP contribution in [0.5, 0.6) is 0 Å². The van der Waals surface area contributed by atoms with Gasteiger partial charge in [-0.05, 0) is 63.0 Å². The van der Waals surface area contributed by atoms with Crippen molar-refractivity contribution in [2.24, 2.45) is 0 Å². The number of aromatic nitrogens is 6. The number of hydrogen-bond donors (Lipinski definition) is 2. The molecule has 0 amide bonds. The Labute approximate surface area is 212 Å². The Kier molecular flexibility index (Phi) is 19.4. The summed E-state index contributed by atoms with van der Waals surface area (Å²) >= 11 is 0. The van der Waals surface area contributed by atoms with Crippen molar-refractivity contribution >= 4 is 13.1 Å². The molecular formula is C20H24BMoN6O6+. The van der Waals surface area contributed by atoms with Gasteiger partial charge < -0.3 is 28.7 Å². The van der Waals surface area contributed by atoms with E-state index in [1.54, 1.807) is 46.2 Å². The van der Waals surface area contributed by atoms with Gasteiger partial charge in [0.15, 0.2) is 6.10 Å². The number of esters is 1. The van der Waals surface area contributed by atoms with Gasteiger partial charge in [-0.2, -0.15) is 0 Å². The molecule has 0 aromatic carbocycles. The van der Waals surface area contributed by atoms with Crippen molar-refractivity contribution in [3.05, 3.63) is 87.9 Å². The second kappa shape index (κ2) is 19.7. The van der Waals surface area contributed by atoms with Crippen molar-refractivity contribution in [2.45, 2.75) is 26.1 Å². The third-order valence-electron chi connectivity index (χ3n) is 3.59. The van der Waals surface area contributed by atoms with Crippen LogP contribution >= 0.6 is 0 Å². The van der Waals surface area contributed by atoms with Crippen molar-refractivity contribution in [2.75, 3.05) is 6.61 Å². The maximum Gasteiger partial charge on any atom is 2.00 e. The van der Waals surface area contributed by atoms with Crippen LogP contribution in [0.4, 0.5) is 0 Å². The first-order valence-electron chi connectivity index (χ1n) is 9.35. The Bertz CT molecular complexity index is 815. The average molecular weight is 551 g/mol. The van der Waals surface area contributed by atoms with Gasteiger partial charge in [0, 0.05) is 18.6 Å². The molecule has 3 aromatic heterocycles. The molecule has 2 N–H and O–H groups in total. The SMILES string of the molecule is [C-]#[O+].[C-]#[O+].[CH2][C](C)[CH][C@H](O)[C@@H](O)C(=O)OCC.[Mo+2].c1cnn([B-](n2cccn2)n2cccn2)c1. The van der Waals surface area contributed by atoms with Gasteiger partial charge in [-0.25, -0.2) is 20.1 Å². The zero-order chi connectivity index (χ0) is 25.2. The van der Waals surface area contributed by atoms with Crippen LogP contribution < -0.4 is 0 Å². The van der Waals surface area contributed by atoms with E-state index in [1.165, 1.54) is 6.42 Å². The summed E-state index contributed by atoms with van der Waals surface area (Å²) in [6.45, 7) is 16.0. The number of carbonyl (C=O) groups excluding carboxylic acids is 1. The average Bonchev–Trinajstić information content (AvgIpc) is 3.61. The van der Waals surface area contributed by atoms with Crippen LogP contribution in [-0.4, -0.2) is 71.2 Å². The Morgan fingerprint density at radius 1 is 1.03 bits per heavy atom. The molecule has 3 aromatic rings. The van der Waals surface area contributed by atoms with Gasteiger partial charge in [0.05, 0.1) is 12.7 Å². The van der Waals surface area contributed by atoms with Crippen LogP contribution in [0.15, 0.2) is 55.4 Å². The number of nitrogens with zero attached hydrogens (tertiary/aromatic N) is 6. The zero-order valence-electron chi connectivity index (χ0n) is 18.5. The number of hydrogen-bond acceptors (Lipinski definition) is 7. The van der Waals surface area contributed by atoms with E-state index in [0.717, 1.165) is 0 Å². The van der Waals surface area contributed by atoms with Crippen molar-refractivity contribution < 1.29 is 50.1 Å². The third-order valence-corrected chi connectivity index (χ3v) is 3.59. The maximum atomic E-state index is 10.9. The van der Waals surface area contributed by atoms with Gasteiger partial charge in [-0.3, -0.25) is 0 Å². The third kappa shape index (κ3) is 11.4. The van der Waals surface area contributed by atoms with E-state index in [9.17, 15) is 9.90 Å². The molecule has 34 heavy (non-hydrogen) atoms. The fourth-order valence-electron chi connectivity index (χ4n) is 2.37. The van der Waals surface area contributed by atoms with Crippen LogP contribution in [0.3, 0.4) is 0 Å². The summed E-state index contributed by atoms with van der Waals surface area (Å²) in [7, 11) is -0.194. The van der Waals surface area contributed by atoms with E-state index >= 15 is 0 Å². The van der Waals surface area contributed by atoms with Crippen LogP contribution in [0, 0.1) is 32.6 Å². The van der Waals surface area contributed by atoms with E-state index < -0.39 is 18.2 Å². The summed E-state index contributed by atoms with van der Waals surface area (Å²) in [5.74, 6) is -0.247. The topological polar surface area (TPSA) is 160 Å². The Hall–Kier alpha value is -2.75. The van der Waals surface area contributed by atoms with E-state index in [1.807, 2.05) is 36.8 Å². The number of aliphatic hydroxyl groups is 2. The first kappa shape index (κ1) is 33.4. The Balaban J connectivity index is 0. The summed E-state index contributed by atoms with van der Waals surface area (Å²) in [6, 6.07) is 5.62. The molecular weight excluding hydrogens is 527 g/mol. The summed E-state index contributed by atoms with van der Waals surface area (Å²) in [5.41, 5.74) is 0. The van der Waals surface area contributed by atoms with Crippen molar-refractivity contribution in [3.63, 3.8) is 0 Å². The van der Waals surface area contributed by atoms with Crippen LogP contribution in [0.2, 0.25) is 0 Å². The van der Waals surface area contributed by atoms with E-state index in [4.69, 9.17) is 14.4 Å². The number of ether oxygens (including phenoxy) is 1. The molecule has 178 valence electrons. The molecule has 0 bridgehead atoms. The first-order chi connectivity index (χ1) is 15.9. The molecule has 0 aliphatic carbocycles. The summed E-state index contributed by atoms with van der Waals surface area (Å²) in [5, 5.41) is 31.1. The summed E-state index contributed by atoms with van der Waals surface area (Å²) in [4.78, 5) is 10.9. The second-order valence-corrected chi connectivity index (χ2v) is 6.01. The molecule has 0 unspecified atom stereocenters. The van der Waals surface area contributed by atoms with Crippen LogP contribution in [0.25, 0.3) is 0 Å². The minimum atomic E-state index is -1.53. The van der Waals surface area contributed by atoms with Gasteiger partial charge >= 0.3 is 49.6 Å². The Morgan fingerprint density at radius 2 is 1.41 bits per heavy atom. The maximum absolute atomic E-state index is 10.9. The molecule has 3 rings (SSSR count). The predicted octanol–water partition coefficient (Wildman–Crippen LogP) is 0.0323. The molecule has 12 nitrogen and oxygen atoms in total. The first-order valence-corrected chi connectivity index (χ1v) is 9.35. The van der Waals surface area contributed by atoms with Crippen molar-refractivity contribution in [1.82, 2.24) is 29.1 Å². The summed E-state index contributed by atoms with van der Waals surface area (Å²) in [6.07, 6.45) is 9.37. The minimum absolute atomic E-state index is 0. The largest absolute Gasteiger partial charge is 2.00 e. The normalized spacial score (nSPS) is 11.3. The van der Waals surface area contributed by atoms with E-state index in [2.05, 4.69) is 40.3 Å². The van der Waals surface area contributed by atoms with Crippen molar-refractivity contribution in [3.8, 4) is 0 Å². The van der Waals surface area contributed by atoms with Crippen LogP contribution in [0.1, 0.15) is 13.8 Å². The molecule has 3 heterocycles. The smallest absolute Gasteiger partial charge is 0.464 e. The minimum Gasteiger partial charge on any atom is -0.464 e. The van der Waals surface area contributed by atoms with Gasteiger partial charge in [0.2, 0.25) is 0 Å². The fourth-order valence-corrected chi connectivity index (χ4v) is 2.37. The molecule has 0 saturated heterocycles. The molecule has 0 saturated carbocycles. The predicted molar refractivity (Wildman–Crippen MR) is 114 cm³/mol. The van der Waals surface area contributed by atoms with E-state index in [0.29, 0.717) is 5.92 Å². The molecule has 2 atom stereocenters. The molecule has 0 spiro atoms. The van der Waals surface area contributed by atoms with Crippen molar-refractivity contribution in [1.29, 1.82) is 0 Å². The zero-order valence-corrected chi connectivity index (χ0v) is 20.5. The molecule has 4 radical (unpaired) electrons. The standard InChI is InChI=1S/C9H9BN6.C9H15O4.2CO.Mo/c1-4-11-14(7-1)10(15-8-2-5-12-15)16-9-3-6-13-16;1-4-13-9(12)8(11)7(10)5-6(2)3;2*1-2;/h1-9H;5,7-8,10-11H,2,4H2,1,3H3;;;/q-1;;;;+2/t;7-,8+;;;/m.0.../s1. The molecule has 0 aliphatic heterocycles. The second-order valence-electron chi connectivity index (χ2n) is 6.01. The van der Waals surface area contributed by atoms with Gasteiger partial charge in [-0.15, -0.1) is 0 Å². The molecule has 0 aliphatic rings. The number of carbonyl (C=O) groups is 1. The summed E-state index contributed by atoms with van der Waals surface area (Å²) < 4.78 is 24.9. The van der Waals surface area contributed by atoms with E-state index in [-0.39, 0.29) is 34.8 Å². The number of aliphatic hydroxyl groups excluding tert-OH is 2. The van der Waals surface area contributed by atoms with Gasteiger partial charge in [-0.1, -0.05) is 6.92 Å². The van der Waals surface area contributed by atoms with Gasteiger partial charge in [0.25, 0.3) is 7.12 Å². The molecule has 14 heteroatoms. The quantitative estimate of drug-likeness (QED) is 0.173. The number of rotatable bonds is 8. The fraction of sp³-hybridized carbons (Fsp3) is 0.250. The Morgan fingerprint density at radius 3 is 1.68 bits per heavy atom. The monoisotopic (exact) mass is 553 g/mol. The van der Waals surface area contributed by atoms with Crippen LogP contribution in [-0.2, 0) is 39.9 Å². The van der Waals surface area contributed by atoms with Gasteiger partial charge in [0.1, 0.15) is 0 Å².